The summed E-state index contributed by atoms with van der Waals surface area (Å²) in [5.41, 5.74) is 5.20. The minimum Gasteiger partial charge on any atom is -0.386 e. The molecule has 1 fully saturated rings. The van der Waals surface area contributed by atoms with Crippen LogP contribution in [-0.2, 0) is 26.9 Å². The van der Waals surface area contributed by atoms with Gasteiger partial charge >= 0.3 is 11.6 Å². The Balaban J connectivity index is 0.000000878. The summed E-state index contributed by atoms with van der Waals surface area (Å²) < 4.78 is 41.5. The summed E-state index contributed by atoms with van der Waals surface area (Å²) in [4.78, 5) is 6.20. The Morgan fingerprint density at radius 1 is 1.39 bits per heavy atom. The van der Waals surface area contributed by atoms with Gasteiger partial charge in [0.2, 0.25) is 0 Å². The van der Waals surface area contributed by atoms with E-state index >= 15 is 0 Å². The van der Waals surface area contributed by atoms with Gasteiger partial charge in [0, 0.05) is 6.42 Å². The largest absolute Gasteiger partial charge is 0.386 e. The summed E-state index contributed by atoms with van der Waals surface area (Å²) in [5, 5.41) is 0.517. The summed E-state index contributed by atoms with van der Waals surface area (Å²) in [5.74, 6) is 6.45. The normalized spacial score (nSPS) is 24.0. The molecule has 0 radical (unpaired) electrons. The molecule has 0 amide bonds. The summed E-state index contributed by atoms with van der Waals surface area (Å²) in [6.07, 6.45) is 5.05. The lowest BCUT2D eigenvalue weighted by molar-refractivity contribution is 0.393. The van der Waals surface area contributed by atoms with Gasteiger partial charge in [-0.1, -0.05) is 36.8 Å². The topological polar surface area (TPSA) is 107 Å². The third kappa shape index (κ3) is 4.35. The van der Waals surface area contributed by atoms with Gasteiger partial charge in [0.15, 0.2) is 9.84 Å². The first-order valence-electron chi connectivity index (χ1n) is 8.94. The molecule has 0 saturated heterocycles. The smallest absolute Gasteiger partial charge is 0.335 e. The zero-order valence-corrected chi connectivity index (χ0v) is 19.0. The van der Waals surface area contributed by atoms with Crippen LogP contribution in [0.4, 0.5) is 0 Å². The molecule has 1 spiro atoms. The van der Waals surface area contributed by atoms with Crippen molar-refractivity contribution in [1.82, 2.24) is 0 Å². The summed E-state index contributed by atoms with van der Waals surface area (Å²) in [6.45, 7) is 3.93. The number of nitrogens with zero attached hydrogens (tertiary/aromatic N) is 1. The van der Waals surface area contributed by atoms with E-state index in [9.17, 15) is 8.42 Å². The van der Waals surface area contributed by atoms with Gasteiger partial charge in [-0.25, -0.2) is 8.42 Å². The fourth-order valence-electron chi connectivity index (χ4n) is 3.46. The van der Waals surface area contributed by atoms with Gasteiger partial charge in [-0.15, -0.1) is 11.3 Å². The van der Waals surface area contributed by atoms with Gasteiger partial charge < -0.3 is 5.73 Å². The van der Waals surface area contributed by atoms with Crippen LogP contribution in [0.3, 0.4) is 0 Å². The average molecular weight is 463 g/mol. The minimum absolute atomic E-state index is 0.0519. The lowest BCUT2D eigenvalue weighted by Crippen LogP contribution is -2.61. The first-order valence-corrected chi connectivity index (χ1v) is 12.5. The summed E-state index contributed by atoms with van der Waals surface area (Å²) in [6, 6.07) is 1.80. The van der Waals surface area contributed by atoms with Crippen LogP contribution in [0.15, 0.2) is 11.1 Å². The highest BCUT2D eigenvalue weighted by molar-refractivity contribution is 7.93. The van der Waals surface area contributed by atoms with Crippen molar-refractivity contribution < 1.29 is 16.8 Å². The molecule has 1 saturated carbocycles. The summed E-state index contributed by atoms with van der Waals surface area (Å²) in [7, 11) is -3.37. The molecular weight excluding hydrogens is 440 g/mol. The second-order valence-corrected chi connectivity index (χ2v) is 11.0. The number of amidine groups is 1. The molecule has 154 valence electrons. The van der Waals surface area contributed by atoms with Crippen LogP contribution in [-0.4, -0.2) is 33.2 Å². The van der Waals surface area contributed by atoms with E-state index in [2.05, 4.69) is 23.8 Å². The number of unbranched alkanes of at least 4 members (excludes halogenated alkanes) is 2. The zero-order chi connectivity index (χ0) is 21.0. The van der Waals surface area contributed by atoms with E-state index < -0.39 is 31.7 Å². The number of sulfone groups is 1. The fourth-order valence-corrected chi connectivity index (χ4v) is 7.56. The Bertz CT molecular complexity index is 965. The van der Waals surface area contributed by atoms with Crippen molar-refractivity contribution in [2.24, 2.45) is 10.7 Å². The molecule has 2 aliphatic rings. The molecule has 1 aromatic heterocycles. The van der Waals surface area contributed by atoms with Crippen LogP contribution in [0.25, 0.3) is 0 Å². The van der Waals surface area contributed by atoms with Gasteiger partial charge in [0.05, 0.1) is 20.5 Å². The van der Waals surface area contributed by atoms with Crippen molar-refractivity contribution in [3.8, 4) is 11.8 Å². The van der Waals surface area contributed by atoms with Gasteiger partial charge in [-0.05, 0) is 38.7 Å². The Hall–Kier alpha value is -1.21. The molecular formula is C18H23ClN2O4S3. The standard InChI is InChI=1S/C18H23ClN2O2S2.O2S/c1-3-4-5-6-8-13-11-14(19)15(24-13)17(2)12-25(22,23)18(9-7-10-18)16(20)21-17;1-3-2/h11H,3-5,7,9-10,12H2,1-2H3,(H2,20,21);/t17-;/m0./s1. The number of nitrogens with two attached hydrogens (primary N) is 1. The molecule has 1 aromatic rings. The van der Waals surface area contributed by atoms with E-state index in [1.54, 1.807) is 13.0 Å². The van der Waals surface area contributed by atoms with Crippen molar-refractivity contribution >= 4 is 50.2 Å². The molecule has 10 heteroatoms. The second-order valence-electron chi connectivity index (χ2n) is 7.14. The Morgan fingerprint density at radius 2 is 2.04 bits per heavy atom. The number of rotatable bonds is 3. The highest BCUT2D eigenvalue weighted by Gasteiger charge is 2.58. The molecule has 6 nitrogen and oxygen atoms in total. The average Bonchev–Trinajstić information content (AvgIpc) is 2.91. The van der Waals surface area contributed by atoms with Crippen LogP contribution in [0, 0.1) is 11.8 Å². The summed E-state index contributed by atoms with van der Waals surface area (Å²) >= 11 is 7.07. The van der Waals surface area contributed by atoms with E-state index in [0.29, 0.717) is 17.9 Å². The third-order valence-corrected chi connectivity index (χ3v) is 9.57. The molecule has 1 atom stereocenters. The monoisotopic (exact) mass is 462 g/mol. The quantitative estimate of drug-likeness (QED) is 0.548. The maximum absolute atomic E-state index is 12.9. The molecule has 0 aromatic carbocycles. The first-order chi connectivity index (χ1) is 13.2. The van der Waals surface area contributed by atoms with Gasteiger partial charge in [0.25, 0.3) is 0 Å². The number of hydrogen-bond donors (Lipinski definition) is 1. The van der Waals surface area contributed by atoms with E-state index in [4.69, 9.17) is 25.8 Å². The maximum atomic E-state index is 12.9. The molecule has 28 heavy (non-hydrogen) atoms. The highest BCUT2D eigenvalue weighted by atomic mass is 35.5. The van der Waals surface area contributed by atoms with E-state index in [1.165, 1.54) is 11.3 Å². The fraction of sp³-hybridized carbons (Fsp3) is 0.611. The predicted molar refractivity (Wildman–Crippen MR) is 114 cm³/mol. The third-order valence-electron chi connectivity index (χ3n) is 5.10. The number of thiophene rings is 1. The van der Waals surface area contributed by atoms with Gasteiger partial charge in [-0.2, -0.15) is 8.42 Å². The molecule has 0 bridgehead atoms. The van der Waals surface area contributed by atoms with Crippen molar-refractivity contribution in [3.63, 3.8) is 0 Å². The Kier molecular flexibility index (Phi) is 7.48. The molecule has 2 N–H and O–H groups in total. The zero-order valence-electron chi connectivity index (χ0n) is 15.8. The van der Waals surface area contributed by atoms with Crippen LogP contribution in [0.2, 0.25) is 5.02 Å². The van der Waals surface area contributed by atoms with Crippen molar-refractivity contribution in [3.05, 3.63) is 20.8 Å². The van der Waals surface area contributed by atoms with Crippen LogP contribution in [0.5, 0.6) is 0 Å². The number of halogens is 1. The molecule has 2 heterocycles. The van der Waals surface area contributed by atoms with E-state index in [1.807, 2.05) is 0 Å². The first kappa shape index (κ1) is 23.1. The van der Waals surface area contributed by atoms with Crippen LogP contribution < -0.4 is 5.73 Å². The SMILES string of the molecule is CCCCC#Cc1cc(Cl)c([C@]2(C)CS(=O)(=O)C3(CCC3)C(N)=N2)s1.O=S=O. The maximum Gasteiger partial charge on any atom is 0.335 e. The number of aliphatic imine (C=N–C) groups is 1. The molecule has 1 aliphatic heterocycles. The Morgan fingerprint density at radius 3 is 2.54 bits per heavy atom. The van der Waals surface area contributed by atoms with Crippen molar-refractivity contribution in [2.75, 3.05) is 5.75 Å². The molecule has 0 unspecified atom stereocenters. The second kappa shape index (κ2) is 9.08. The van der Waals surface area contributed by atoms with Gasteiger partial charge in [-0.3, -0.25) is 4.99 Å². The van der Waals surface area contributed by atoms with E-state index in [-0.39, 0.29) is 11.6 Å². The predicted octanol–water partition coefficient (Wildman–Crippen LogP) is 3.20. The van der Waals surface area contributed by atoms with Crippen molar-refractivity contribution in [1.29, 1.82) is 0 Å². The lowest BCUT2D eigenvalue weighted by atomic mass is 9.82. The molecule has 3 rings (SSSR count). The lowest BCUT2D eigenvalue weighted by Gasteiger charge is -2.46. The van der Waals surface area contributed by atoms with Crippen LogP contribution >= 0.6 is 22.9 Å². The minimum atomic E-state index is -3.37. The highest BCUT2D eigenvalue weighted by Crippen LogP contribution is 2.49. The molecule has 1 aliphatic carbocycles. The van der Waals surface area contributed by atoms with Crippen molar-refractivity contribution in [2.45, 2.75) is 62.7 Å². The van der Waals surface area contributed by atoms with E-state index in [0.717, 1.165) is 35.4 Å². The van der Waals surface area contributed by atoms with Gasteiger partial charge in [0.1, 0.15) is 16.1 Å². The van der Waals surface area contributed by atoms with Crippen LogP contribution in [0.1, 0.15) is 62.1 Å². The Labute approximate surface area is 178 Å². The number of hydrogen-bond acceptors (Lipinski definition) is 7.